The van der Waals surface area contributed by atoms with Gasteiger partial charge in [0, 0.05) is 24.8 Å². The summed E-state index contributed by atoms with van der Waals surface area (Å²) in [6.07, 6.45) is 14.9. The van der Waals surface area contributed by atoms with Gasteiger partial charge in [0.25, 0.3) is 0 Å². The first-order chi connectivity index (χ1) is 15.7. The fourth-order valence-electron chi connectivity index (χ4n) is 8.29. The third kappa shape index (κ3) is 3.21. The SMILES string of the molecule is c1ccc2c(c1)nc(CN1CCCC(Cn3ccnn3)C1)n2C12CC3CC(CC(C3)C1)C2. The van der Waals surface area contributed by atoms with Crippen molar-refractivity contribution >= 4 is 11.0 Å². The first-order valence-corrected chi connectivity index (χ1v) is 12.8. The van der Waals surface area contributed by atoms with E-state index in [9.17, 15) is 0 Å². The summed E-state index contributed by atoms with van der Waals surface area (Å²) in [4.78, 5) is 7.91. The van der Waals surface area contributed by atoms with Gasteiger partial charge in [-0.3, -0.25) is 9.58 Å². The number of para-hydroxylation sites is 2. The molecule has 3 aromatic rings. The van der Waals surface area contributed by atoms with Crippen molar-refractivity contribution in [1.29, 1.82) is 0 Å². The van der Waals surface area contributed by atoms with Crippen LogP contribution in [0.15, 0.2) is 36.7 Å². The Morgan fingerprint density at radius 3 is 2.53 bits per heavy atom. The summed E-state index contributed by atoms with van der Waals surface area (Å²) in [7, 11) is 0. The number of piperidine rings is 1. The van der Waals surface area contributed by atoms with E-state index in [-0.39, 0.29) is 0 Å². The predicted molar refractivity (Wildman–Crippen MR) is 124 cm³/mol. The van der Waals surface area contributed by atoms with Gasteiger partial charge >= 0.3 is 0 Å². The van der Waals surface area contributed by atoms with Gasteiger partial charge in [0.1, 0.15) is 5.82 Å². The smallest absolute Gasteiger partial charge is 0.124 e. The molecule has 4 bridgehead atoms. The van der Waals surface area contributed by atoms with Crippen LogP contribution < -0.4 is 0 Å². The highest BCUT2D eigenvalue weighted by Crippen LogP contribution is 2.59. The summed E-state index contributed by atoms with van der Waals surface area (Å²) < 4.78 is 4.76. The van der Waals surface area contributed by atoms with Crippen molar-refractivity contribution in [1.82, 2.24) is 29.4 Å². The number of hydrogen-bond donors (Lipinski definition) is 0. The lowest BCUT2D eigenvalue weighted by Crippen LogP contribution is -2.52. The average molecular weight is 431 g/mol. The molecule has 4 saturated carbocycles. The van der Waals surface area contributed by atoms with Crippen LogP contribution in [0.2, 0.25) is 0 Å². The minimum atomic E-state index is 0.316. The first kappa shape index (κ1) is 19.3. The number of likely N-dealkylation sites (tertiary alicyclic amines) is 1. The molecule has 6 nitrogen and oxygen atoms in total. The van der Waals surface area contributed by atoms with Gasteiger partial charge in [0.05, 0.1) is 23.8 Å². The molecule has 6 heteroatoms. The van der Waals surface area contributed by atoms with Gasteiger partial charge in [-0.05, 0) is 93.7 Å². The van der Waals surface area contributed by atoms with E-state index in [1.165, 1.54) is 74.8 Å². The van der Waals surface area contributed by atoms with Crippen LogP contribution in [-0.4, -0.2) is 42.5 Å². The van der Waals surface area contributed by atoms with E-state index in [4.69, 9.17) is 4.98 Å². The molecule has 0 N–H and O–H groups in total. The Morgan fingerprint density at radius 1 is 1.00 bits per heavy atom. The predicted octanol–water partition coefficient (Wildman–Crippen LogP) is 4.47. The highest BCUT2D eigenvalue weighted by Gasteiger charge is 2.52. The Hall–Kier alpha value is -2.21. The molecule has 5 aliphatic rings. The molecule has 1 aromatic carbocycles. The summed E-state index contributed by atoms with van der Waals surface area (Å²) >= 11 is 0. The molecule has 0 spiro atoms. The lowest BCUT2D eigenvalue weighted by molar-refractivity contribution is -0.0432. The van der Waals surface area contributed by atoms with Crippen molar-refractivity contribution in [2.45, 2.75) is 70.0 Å². The Morgan fingerprint density at radius 2 is 1.78 bits per heavy atom. The quantitative estimate of drug-likeness (QED) is 0.599. The maximum absolute atomic E-state index is 5.26. The van der Waals surface area contributed by atoms with Crippen LogP contribution in [0.5, 0.6) is 0 Å². The number of nitrogens with zero attached hydrogens (tertiary/aromatic N) is 6. The van der Waals surface area contributed by atoms with Crippen LogP contribution in [0.3, 0.4) is 0 Å². The maximum atomic E-state index is 5.26. The molecule has 4 aliphatic carbocycles. The van der Waals surface area contributed by atoms with E-state index in [2.05, 4.69) is 44.0 Å². The van der Waals surface area contributed by atoms with Gasteiger partial charge in [-0.15, -0.1) is 5.10 Å². The highest BCUT2D eigenvalue weighted by molar-refractivity contribution is 5.76. The van der Waals surface area contributed by atoms with Gasteiger partial charge in [-0.1, -0.05) is 17.3 Å². The van der Waals surface area contributed by atoms with Gasteiger partial charge in [-0.25, -0.2) is 4.98 Å². The molecule has 0 amide bonds. The molecule has 168 valence electrons. The second-order valence-electron chi connectivity index (χ2n) is 11.4. The van der Waals surface area contributed by atoms with Crippen molar-refractivity contribution in [3.8, 4) is 0 Å². The van der Waals surface area contributed by atoms with Crippen LogP contribution in [0, 0.1) is 23.7 Å². The van der Waals surface area contributed by atoms with E-state index >= 15 is 0 Å². The van der Waals surface area contributed by atoms with Gasteiger partial charge < -0.3 is 4.57 Å². The standard InChI is InChI=1S/C26H34N6/c1-2-6-24-23(5-1)28-25(18-30-8-3-4-19(16-30)17-31-9-7-27-29-31)32(24)26-13-20-10-21(14-26)12-22(11-20)15-26/h1-2,5-7,9,19-22H,3-4,8,10-18H2. The third-order valence-electron chi connectivity index (χ3n) is 9.00. The lowest BCUT2D eigenvalue weighted by Gasteiger charge is -2.57. The third-order valence-corrected chi connectivity index (χ3v) is 9.00. The van der Waals surface area contributed by atoms with Gasteiger partial charge in [0.2, 0.25) is 0 Å². The number of hydrogen-bond acceptors (Lipinski definition) is 4. The van der Waals surface area contributed by atoms with E-state index in [1.54, 1.807) is 6.20 Å². The summed E-state index contributed by atoms with van der Waals surface area (Å²) in [5.41, 5.74) is 2.88. The molecule has 8 rings (SSSR count). The largest absolute Gasteiger partial charge is 0.321 e. The molecular weight excluding hydrogens is 396 g/mol. The molecule has 1 saturated heterocycles. The minimum absolute atomic E-state index is 0.316. The molecule has 1 aliphatic heterocycles. The highest BCUT2D eigenvalue weighted by atomic mass is 15.4. The zero-order valence-electron chi connectivity index (χ0n) is 18.9. The van der Waals surface area contributed by atoms with Crippen molar-refractivity contribution in [3.05, 3.63) is 42.5 Å². The fraction of sp³-hybridized carbons (Fsp3) is 0.654. The van der Waals surface area contributed by atoms with E-state index in [0.29, 0.717) is 11.5 Å². The van der Waals surface area contributed by atoms with E-state index in [0.717, 1.165) is 37.4 Å². The number of aromatic nitrogens is 5. The Labute approximate surface area is 190 Å². The van der Waals surface area contributed by atoms with E-state index < -0.39 is 0 Å². The fourth-order valence-corrected chi connectivity index (χ4v) is 8.29. The normalized spacial score (nSPS) is 34.5. The molecule has 0 radical (unpaired) electrons. The summed E-state index contributed by atoms with van der Waals surface area (Å²) in [6, 6.07) is 8.91. The van der Waals surface area contributed by atoms with Crippen LogP contribution in [0.1, 0.15) is 57.2 Å². The zero-order chi connectivity index (χ0) is 21.1. The van der Waals surface area contributed by atoms with Crippen LogP contribution >= 0.6 is 0 Å². The van der Waals surface area contributed by atoms with Gasteiger partial charge in [-0.2, -0.15) is 0 Å². The maximum Gasteiger partial charge on any atom is 0.124 e. The zero-order valence-corrected chi connectivity index (χ0v) is 18.9. The lowest BCUT2D eigenvalue weighted by atomic mass is 9.53. The Bertz CT molecular complexity index is 1060. The minimum Gasteiger partial charge on any atom is -0.321 e. The number of rotatable bonds is 5. The number of benzene rings is 1. The Kier molecular flexibility index (Phi) is 4.46. The summed E-state index contributed by atoms with van der Waals surface area (Å²) in [5, 5.41) is 8.19. The van der Waals surface area contributed by atoms with Crippen molar-refractivity contribution < 1.29 is 0 Å². The molecule has 1 atom stereocenters. The number of fused-ring (bicyclic) bond motifs is 1. The monoisotopic (exact) mass is 430 g/mol. The van der Waals surface area contributed by atoms with Crippen molar-refractivity contribution in [2.75, 3.05) is 13.1 Å². The molecule has 2 aromatic heterocycles. The topological polar surface area (TPSA) is 51.8 Å². The average Bonchev–Trinajstić information content (AvgIpc) is 3.40. The van der Waals surface area contributed by atoms with E-state index in [1.807, 2.05) is 10.9 Å². The second kappa shape index (κ2) is 7.41. The second-order valence-corrected chi connectivity index (χ2v) is 11.4. The van der Waals surface area contributed by atoms with Crippen LogP contribution in [0.4, 0.5) is 0 Å². The summed E-state index contributed by atoms with van der Waals surface area (Å²) in [6.45, 7) is 4.26. The molecule has 3 heterocycles. The van der Waals surface area contributed by atoms with Crippen LogP contribution in [-0.2, 0) is 18.6 Å². The Balaban J connectivity index is 1.21. The number of imidazole rings is 1. The van der Waals surface area contributed by atoms with Crippen molar-refractivity contribution in [2.24, 2.45) is 23.7 Å². The molecule has 32 heavy (non-hydrogen) atoms. The van der Waals surface area contributed by atoms with Crippen molar-refractivity contribution in [3.63, 3.8) is 0 Å². The summed E-state index contributed by atoms with van der Waals surface area (Å²) in [5.74, 6) is 4.78. The first-order valence-electron chi connectivity index (χ1n) is 12.8. The molecule has 5 fully saturated rings. The van der Waals surface area contributed by atoms with Gasteiger partial charge in [0.15, 0.2) is 0 Å². The molecule has 1 unspecified atom stereocenters. The van der Waals surface area contributed by atoms with Crippen LogP contribution in [0.25, 0.3) is 11.0 Å². The molecular formula is C26H34N6.